The fraction of sp³-hybridized carbons (Fsp3) is 0.107. The molecule has 0 unspecified atom stereocenters. The molecule has 0 heterocycles. The van der Waals surface area contributed by atoms with Crippen molar-refractivity contribution < 1.29 is 24.5 Å². The lowest BCUT2D eigenvalue weighted by Crippen LogP contribution is -2.20. The van der Waals surface area contributed by atoms with Crippen molar-refractivity contribution in [3.8, 4) is 17.2 Å². The van der Waals surface area contributed by atoms with Crippen LogP contribution < -0.4 is 15.9 Å². The van der Waals surface area contributed by atoms with Crippen molar-refractivity contribution in [2.75, 3.05) is 12.8 Å². The SMILES string of the molecule is COc1cc(/C=C/C(CC(=O)/C=C/c2ccc(O)c(C)c2)=N\NC(=O)c2ccc(N)cc2)ccc1O. The summed E-state index contributed by atoms with van der Waals surface area (Å²) in [5, 5.41) is 23.6. The summed E-state index contributed by atoms with van der Waals surface area (Å²) >= 11 is 0. The smallest absolute Gasteiger partial charge is 0.271 e. The first-order valence-corrected chi connectivity index (χ1v) is 11.0. The van der Waals surface area contributed by atoms with E-state index in [9.17, 15) is 19.8 Å². The molecule has 1 amide bonds. The Labute approximate surface area is 209 Å². The molecule has 0 radical (unpaired) electrons. The van der Waals surface area contributed by atoms with Crippen LogP contribution in [-0.4, -0.2) is 34.7 Å². The average Bonchev–Trinajstić information content (AvgIpc) is 2.87. The number of ketones is 1. The van der Waals surface area contributed by atoms with E-state index >= 15 is 0 Å². The molecular weight excluding hydrogens is 458 g/mol. The molecule has 184 valence electrons. The summed E-state index contributed by atoms with van der Waals surface area (Å²) in [6, 6.07) is 16.2. The molecular formula is C28H27N3O5. The highest BCUT2D eigenvalue weighted by atomic mass is 16.5. The molecule has 0 bridgehead atoms. The number of allylic oxidation sites excluding steroid dienone is 2. The number of hydrogen-bond donors (Lipinski definition) is 4. The Morgan fingerprint density at radius 1 is 0.944 bits per heavy atom. The first-order valence-electron chi connectivity index (χ1n) is 11.0. The summed E-state index contributed by atoms with van der Waals surface area (Å²) < 4.78 is 5.12. The van der Waals surface area contributed by atoms with E-state index in [1.54, 1.807) is 79.7 Å². The Balaban J connectivity index is 1.80. The van der Waals surface area contributed by atoms with Gasteiger partial charge in [-0.05, 0) is 84.3 Å². The molecule has 0 atom stereocenters. The molecule has 0 spiro atoms. The third kappa shape index (κ3) is 7.33. The third-order valence-corrected chi connectivity index (χ3v) is 5.18. The minimum atomic E-state index is -0.449. The first-order chi connectivity index (χ1) is 17.2. The molecule has 8 heteroatoms. The van der Waals surface area contributed by atoms with E-state index in [0.29, 0.717) is 33.8 Å². The molecule has 0 fully saturated rings. The van der Waals surface area contributed by atoms with Gasteiger partial charge in [0.2, 0.25) is 0 Å². The monoisotopic (exact) mass is 485 g/mol. The number of hydrogen-bond acceptors (Lipinski definition) is 7. The number of amides is 1. The van der Waals surface area contributed by atoms with Crippen molar-refractivity contribution in [1.82, 2.24) is 5.43 Å². The highest BCUT2D eigenvalue weighted by molar-refractivity contribution is 6.13. The van der Waals surface area contributed by atoms with E-state index in [1.165, 1.54) is 19.3 Å². The number of phenolic OH excluding ortho intramolecular Hbond substituents is 2. The maximum absolute atomic E-state index is 12.7. The Kier molecular flexibility index (Phi) is 8.61. The number of hydrazone groups is 1. The van der Waals surface area contributed by atoms with Crippen molar-refractivity contribution in [1.29, 1.82) is 0 Å². The number of aromatic hydroxyl groups is 2. The minimum absolute atomic E-state index is 0.00378. The number of nitrogens with one attached hydrogen (secondary N) is 1. The van der Waals surface area contributed by atoms with E-state index in [-0.39, 0.29) is 23.7 Å². The first kappa shape index (κ1) is 25.8. The summed E-state index contributed by atoms with van der Waals surface area (Å²) in [4.78, 5) is 25.1. The molecule has 3 rings (SSSR count). The van der Waals surface area contributed by atoms with Crippen LogP contribution in [0.4, 0.5) is 5.69 Å². The number of anilines is 1. The molecule has 8 nitrogen and oxygen atoms in total. The molecule has 5 N–H and O–H groups in total. The van der Waals surface area contributed by atoms with Crippen LogP contribution in [0, 0.1) is 6.92 Å². The van der Waals surface area contributed by atoms with Crippen molar-refractivity contribution >= 4 is 35.2 Å². The van der Waals surface area contributed by atoms with E-state index in [2.05, 4.69) is 10.5 Å². The summed E-state index contributed by atoms with van der Waals surface area (Å²) in [7, 11) is 1.45. The molecule has 0 aliphatic rings. The largest absolute Gasteiger partial charge is 0.508 e. The second kappa shape index (κ2) is 12.0. The zero-order chi connectivity index (χ0) is 26.1. The Morgan fingerprint density at radius 3 is 2.25 bits per heavy atom. The van der Waals surface area contributed by atoms with Gasteiger partial charge in [0.05, 0.1) is 19.2 Å². The number of methoxy groups -OCH3 is 1. The number of ether oxygens (including phenoxy) is 1. The van der Waals surface area contributed by atoms with Gasteiger partial charge in [-0.2, -0.15) is 5.10 Å². The second-order valence-corrected chi connectivity index (χ2v) is 7.95. The summed E-state index contributed by atoms with van der Waals surface area (Å²) in [5.74, 6) is -0.204. The van der Waals surface area contributed by atoms with E-state index in [1.807, 2.05) is 0 Å². The van der Waals surface area contributed by atoms with Crippen molar-refractivity contribution in [3.05, 3.63) is 95.1 Å². The molecule has 3 aromatic carbocycles. The van der Waals surface area contributed by atoms with Crippen molar-refractivity contribution in [3.63, 3.8) is 0 Å². The van der Waals surface area contributed by atoms with E-state index < -0.39 is 5.91 Å². The molecule has 3 aromatic rings. The lowest BCUT2D eigenvalue weighted by molar-refractivity contribution is -0.113. The average molecular weight is 486 g/mol. The number of carbonyl (C=O) groups is 2. The van der Waals surface area contributed by atoms with Crippen LogP contribution >= 0.6 is 0 Å². The highest BCUT2D eigenvalue weighted by Gasteiger charge is 2.08. The fourth-order valence-electron chi connectivity index (χ4n) is 3.16. The number of carbonyl (C=O) groups excluding carboxylic acids is 2. The van der Waals surface area contributed by atoms with Crippen molar-refractivity contribution in [2.45, 2.75) is 13.3 Å². The molecule has 36 heavy (non-hydrogen) atoms. The zero-order valence-corrected chi connectivity index (χ0v) is 19.9. The molecule has 0 aromatic heterocycles. The summed E-state index contributed by atoms with van der Waals surface area (Å²) in [6.07, 6.45) is 6.28. The van der Waals surface area contributed by atoms with Crippen LogP contribution in [0.3, 0.4) is 0 Å². The Bertz CT molecular complexity index is 1340. The molecule has 0 saturated carbocycles. The van der Waals surface area contributed by atoms with Crippen LogP contribution in [0.25, 0.3) is 12.2 Å². The number of aryl methyl sites for hydroxylation is 1. The second-order valence-electron chi connectivity index (χ2n) is 7.95. The summed E-state index contributed by atoms with van der Waals surface area (Å²) in [5.41, 5.74) is 11.5. The number of nitrogen functional groups attached to an aromatic ring is 1. The van der Waals surface area contributed by atoms with Gasteiger partial charge in [-0.1, -0.05) is 24.3 Å². The van der Waals surface area contributed by atoms with Crippen LogP contribution in [0.1, 0.15) is 33.5 Å². The zero-order valence-electron chi connectivity index (χ0n) is 19.9. The van der Waals surface area contributed by atoms with Crippen molar-refractivity contribution in [2.24, 2.45) is 5.10 Å². The number of benzene rings is 3. The number of phenols is 2. The van der Waals surface area contributed by atoms with Gasteiger partial charge < -0.3 is 20.7 Å². The number of nitrogens with two attached hydrogens (primary N) is 1. The van der Waals surface area contributed by atoms with Gasteiger partial charge in [-0.25, -0.2) is 5.43 Å². The van der Waals surface area contributed by atoms with Crippen LogP contribution in [0.5, 0.6) is 17.2 Å². The normalized spacial score (nSPS) is 11.7. The Hall–Kier alpha value is -4.85. The molecule has 0 saturated heterocycles. The maximum atomic E-state index is 12.7. The topological polar surface area (TPSA) is 134 Å². The predicted octanol–water partition coefficient (Wildman–Crippen LogP) is 4.47. The van der Waals surface area contributed by atoms with Gasteiger partial charge in [0.15, 0.2) is 17.3 Å². The lowest BCUT2D eigenvalue weighted by atomic mass is 10.1. The van der Waals surface area contributed by atoms with Gasteiger partial charge in [-0.15, -0.1) is 0 Å². The van der Waals surface area contributed by atoms with Crippen LogP contribution in [0.2, 0.25) is 0 Å². The fourth-order valence-corrected chi connectivity index (χ4v) is 3.16. The van der Waals surface area contributed by atoms with Gasteiger partial charge in [-0.3, -0.25) is 9.59 Å². The summed E-state index contributed by atoms with van der Waals surface area (Å²) in [6.45, 7) is 1.77. The van der Waals surface area contributed by atoms with Gasteiger partial charge in [0, 0.05) is 11.3 Å². The number of rotatable bonds is 9. The maximum Gasteiger partial charge on any atom is 0.271 e. The van der Waals surface area contributed by atoms with Crippen LogP contribution in [0.15, 0.2) is 77.9 Å². The standard InChI is InChI=1S/C28H27N3O5/c1-18-15-19(5-13-25(18)33)4-12-24(32)17-23(11-3-20-6-14-26(34)27(16-20)36-2)30-31-28(35)21-7-9-22(29)10-8-21/h3-16,33-34H,17,29H2,1-2H3,(H,31,35)/b11-3+,12-4+,30-23+. The van der Waals surface area contributed by atoms with E-state index in [0.717, 1.165) is 5.56 Å². The molecule has 0 aliphatic carbocycles. The predicted molar refractivity (Wildman–Crippen MR) is 141 cm³/mol. The highest BCUT2D eigenvalue weighted by Crippen LogP contribution is 2.26. The lowest BCUT2D eigenvalue weighted by Gasteiger charge is -2.05. The minimum Gasteiger partial charge on any atom is -0.508 e. The van der Waals surface area contributed by atoms with Gasteiger partial charge in [0.1, 0.15) is 5.75 Å². The third-order valence-electron chi connectivity index (χ3n) is 5.18. The van der Waals surface area contributed by atoms with Gasteiger partial charge in [0.25, 0.3) is 5.91 Å². The number of nitrogens with zero attached hydrogens (tertiary/aromatic N) is 1. The Morgan fingerprint density at radius 2 is 1.58 bits per heavy atom. The molecule has 0 aliphatic heterocycles. The van der Waals surface area contributed by atoms with Crippen LogP contribution in [-0.2, 0) is 4.79 Å². The van der Waals surface area contributed by atoms with Gasteiger partial charge >= 0.3 is 0 Å². The van der Waals surface area contributed by atoms with E-state index in [4.69, 9.17) is 10.5 Å². The quantitative estimate of drug-likeness (QED) is 0.153.